The summed E-state index contributed by atoms with van der Waals surface area (Å²) in [4.78, 5) is 0. The molecule has 0 aliphatic carbocycles. The molecule has 2 nitrogen and oxygen atoms in total. The van der Waals surface area contributed by atoms with Gasteiger partial charge in [0, 0.05) is 36.0 Å². The summed E-state index contributed by atoms with van der Waals surface area (Å²) < 4.78 is 0. The van der Waals surface area contributed by atoms with Crippen molar-refractivity contribution in [2.24, 2.45) is 11.1 Å². The molecular weight excluding hydrogens is 280 g/mol. The summed E-state index contributed by atoms with van der Waals surface area (Å²) in [5.41, 5.74) is 8.96. The second-order valence-electron chi connectivity index (χ2n) is 5.96. The number of rotatable bonds is 4. The average molecular weight is 301 g/mol. The van der Waals surface area contributed by atoms with E-state index in [2.05, 4.69) is 47.8 Å². The fourth-order valence-corrected chi connectivity index (χ4v) is 3.57. The quantitative estimate of drug-likeness (QED) is 0.910. The minimum absolute atomic E-state index is 0.0786. The maximum absolute atomic E-state index is 6.21. The lowest BCUT2D eigenvalue weighted by molar-refractivity contribution is 0.293. The molecule has 0 amide bonds. The van der Waals surface area contributed by atoms with Crippen LogP contribution in [0.5, 0.6) is 0 Å². The second kappa shape index (κ2) is 6.18. The van der Waals surface area contributed by atoms with Crippen molar-refractivity contribution in [3.05, 3.63) is 70.7 Å². The molecule has 0 bridgehead atoms. The second-order valence-corrected chi connectivity index (χ2v) is 6.40. The zero-order valence-electron chi connectivity index (χ0n) is 12.1. The van der Waals surface area contributed by atoms with Gasteiger partial charge in [-0.05, 0) is 29.7 Å². The molecule has 21 heavy (non-hydrogen) atoms. The van der Waals surface area contributed by atoms with Crippen molar-refractivity contribution in [2.75, 3.05) is 19.6 Å². The molecular formula is C18H21ClN2. The van der Waals surface area contributed by atoms with Crippen LogP contribution in [0.1, 0.15) is 17.0 Å². The first-order valence-electron chi connectivity index (χ1n) is 7.44. The van der Waals surface area contributed by atoms with Crippen LogP contribution in [-0.4, -0.2) is 19.6 Å². The maximum atomic E-state index is 6.21. The predicted octanol–water partition coefficient (Wildman–Crippen LogP) is 3.21. The van der Waals surface area contributed by atoms with Crippen molar-refractivity contribution in [2.45, 2.75) is 12.3 Å². The smallest absolute Gasteiger partial charge is 0.0406 e. The van der Waals surface area contributed by atoms with E-state index in [9.17, 15) is 0 Å². The third-order valence-electron chi connectivity index (χ3n) is 4.64. The highest BCUT2D eigenvalue weighted by Gasteiger charge is 2.42. The van der Waals surface area contributed by atoms with E-state index in [-0.39, 0.29) is 5.41 Å². The van der Waals surface area contributed by atoms with Gasteiger partial charge >= 0.3 is 0 Å². The SMILES string of the molecule is NC[C@]1(Cc2ccccc2)CNC[C@H]1c1ccc(Cl)cc1. The molecule has 0 radical (unpaired) electrons. The molecule has 0 unspecified atom stereocenters. The van der Waals surface area contributed by atoms with E-state index < -0.39 is 0 Å². The monoisotopic (exact) mass is 300 g/mol. The van der Waals surface area contributed by atoms with Crippen molar-refractivity contribution in [1.82, 2.24) is 5.32 Å². The van der Waals surface area contributed by atoms with Gasteiger partial charge in [0.25, 0.3) is 0 Å². The summed E-state index contributed by atoms with van der Waals surface area (Å²) in [6.45, 7) is 2.62. The van der Waals surface area contributed by atoms with E-state index in [1.54, 1.807) is 0 Å². The normalized spacial score (nSPS) is 25.1. The van der Waals surface area contributed by atoms with Gasteiger partial charge < -0.3 is 11.1 Å². The summed E-state index contributed by atoms with van der Waals surface area (Å²) in [7, 11) is 0. The number of benzene rings is 2. The van der Waals surface area contributed by atoms with Crippen LogP contribution in [0.25, 0.3) is 0 Å². The molecule has 2 aromatic rings. The molecule has 0 aromatic heterocycles. The summed E-state index contributed by atoms with van der Waals surface area (Å²) in [6, 6.07) is 18.8. The summed E-state index contributed by atoms with van der Waals surface area (Å²) in [5.74, 6) is 0.431. The predicted molar refractivity (Wildman–Crippen MR) is 88.7 cm³/mol. The van der Waals surface area contributed by atoms with Crippen molar-refractivity contribution in [3.63, 3.8) is 0 Å². The van der Waals surface area contributed by atoms with Crippen LogP contribution in [0.2, 0.25) is 5.02 Å². The summed E-state index contributed by atoms with van der Waals surface area (Å²) >= 11 is 6.01. The van der Waals surface area contributed by atoms with Gasteiger partial charge in [0.05, 0.1) is 0 Å². The standard InChI is InChI=1S/C18H21ClN2/c19-16-8-6-15(7-9-16)17-11-21-13-18(17,12-20)10-14-4-2-1-3-5-14/h1-9,17,21H,10-13,20H2/t17-,18+/m0/s1. The summed E-state index contributed by atoms with van der Waals surface area (Å²) in [5, 5.41) is 4.32. The van der Waals surface area contributed by atoms with Gasteiger partial charge in [-0.2, -0.15) is 0 Å². The van der Waals surface area contributed by atoms with E-state index in [1.165, 1.54) is 11.1 Å². The first-order chi connectivity index (χ1) is 10.2. The fraction of sp³-hybridized carbons (Fsp3) is 0.333. The Kier molecular flexibility index (Phi) is 4.29. The Balaban J connectivity index is 1.90. The van der Waals surface area contributed by atoms with Crippen molar-refractivity contribution in [3.8, 4) is 0 Å². The Morgan fingerprint density at radius 1 is 1.10 bits per heavy atom. The number of hydrogen-bond acceptors (Lipinski definition) is 2. The minimum Gasteiger partial charge on any atom is -0.330 e. The van der Waals surface area contributed by atoms with Gasteiger partial charge in [-0.3, -0.25) is 0 Å². The Bertz CT molecular complexity index is 582. The van der Waals surface area contributed by atoms with Crippen molar-refractivity contribution in [1.29, 1.82) is 0 Å². The molecule has 2 atom stereocenters. The lowest BCUT2D eigenvalue weighted by Gasteiger charge is -2.34. The average Bonchev–Trinajstić information content (AvgIpc) is 2.93. The van der Waals surface area contributed by atoms with Gasteiger partial charge in [0.2, 0.25) is 0 Å². The zero-order valence-corrected chi connectivity index (χ0v) is 12.8. The van der Waals surface area contributed by atoms with E-state index in [0.29, 0.717) is 12.5 Å². The molecule has 1 aliphatic rings. The van der Waals surface area contributed by atoms with Gasteiger partial charge in [-0.25, -0.2) is 0 Å². The molecule has 1 saturated heterocycles. The van der Waals surface area contributed by atoms with Gasteiger partial charge in [0.1, 0.15) is 0 Å². The number of halogens is 1. The van der Waals surface area contributed by atoms with Crippen LogP contribution >= 0.6 is 11.6 Å². The van der Waals surface area contributed by atoms with Crippen LogP contribution in [-0.2, 0) is 6.42 Å². The minimum atomic E-state index is 0.0786. The zero-order chi connectivity index (χ0) is 14.7. The number of nitrogens with one attached hydrogen (secondary N) is 1. The third kappa shape index (κ3) is 2.98. The summed E-state index contributed by atoms with van der Waals surface area (Å²) in [6.07, 6.45) is 1.00. The molecule has 3 heteroatoms. The third-order valence-corrected chi connectivity index (χ3v) is 4.89. The molecule has 0 saturated carbocycles. The molecule has 2 aromatic carbocycles. The van der Waals surface area contributed by atoms with E-state index in [4.69, 9.17) is 17.3 Å². The molecule has 3 rings (SSSR count). The highest BCUT2D eigenvalue weighted by molar-refractivity contribution is 6.30. The maximum Gasteiger partial charge on any atom is 0.0406 e. The first kappa shape index (κ1) is 14.6. The molecule has 1 aliphatic heterocycles. The van der Waals surface area contributed by atoms with E-state index >= 15 is 0 Å². The molecule has 3 N–H and O–H groups in total. The fourth-order valence-electron chi connectivity index (χ4n) is 3.45. The topological polar surface area (TPSA) is 38.0 Å². The van der Waals surface area contributed by atoms with E-state index in [1.807, 2.05) is 12.1 Å². The van der Waals surface area contributed by atoms with Gasteiger partial charge in [-0.15, -0.1) is 0 Å². The van der Waals surface area contributed by atoms with Gasteiger partial charge in [0.15, 0.2) is 0 Å². The highest BCUT2D eigenvalue weighted by atomic mass is 35.5. The molecule has 1 fully saturated rings. The highest BCUT2D eigenvalue weighted by Crippen LogP contribution is 2.41. The largest absolute Gasteiger partial charge is 0.330 e. The van der Waals surface area contributed by atoms with Crippen molar-refractivity contribution >= 4 is 11.6 Å². The van der Waals surface area contributed by atoms with Gasteiger partial charge in [-0.1, -0.05) is 54.1 Å². The lowest BCUT2D eigenvalue weighted by atomic mass is 9.70. The molecule has 0 spiro atoms. The van der Waals surface area contributed by atoms with Crippen LogP contribution in [0, 0.1) is 5.41 Å². The number of nitrogens with two attached hydrogens (primary N) is 1. The van der Waals surface area contributed by atoms with Crippen LogP contribution < -0.4 is 11.1 Å². The Morgan fingerprint density at radius 3 is 2.48 bits per heavy atom. The van der Waals surface area contributed by atoms with E-state index in [0.717, 1.165) is 24.5 Å². The Labute approximate surface area is 131 Å². The Morgan fingerprint density at radius 2 is 1.81 bits per heavy atom. The lowest BCUT2D eigenvalue weighted by Crippen LogP contribution is -2.39. The van der Waals surface area contributed by atoms with Crippen LogP contribution in [0.3, 0.4) is 0 Å². The first-order valence-corrected chi connectivity index (χ1v) is 7.81. The Hall–Kier alpha value is -1.35. The van der Waals surface area contributed by atoms with Crippen molar-refractivity contribution < 1.29 is 0 Å². The van der Waals surface area contributed by atoms with Crippen LogP contribution in [0.4, 0.5) is 0 Å². The number of hydrogen-bond donors (Lipinski definition) is 2. The molecule has 110 valence electrons. The molecule has 1 heterocycles. The van der Waals surface area contributed by atoms with Crippen LogP contribution in [0.15, 0.2) is 54.6 Å².